The number of benzene rings is 1. The first-order valence-corrected chi connectivity index (χ1v) is 7.48. The van der Waals surface area contributed by atoms with Crippen molar-refractivity contribution in [3.05, 3.63) is 58.9 Å². The van der Waals surface area contributed by atoms with Crippen LogP contribution in [0.5, 0.6) is 0 Å². The summed E-state index contributed by atoms with van der Waals surface area (Å²) in [5.74, 6) is -0.0139. The maximum absolute atomic E-state index is 12.4. The number of aryl methyl sites for hydroxylation is 1. The van der Waals surface area contributed by atoms with Crippen molar-refractivity contribution in [1.29, 1.82) is 0 Å². The Hall–Kier alpha value is -2.36. The number of amides is 1. The average Bonchev–Trinajstić information content (AvgIpc) is 2.76. The number of nitrogens with zero attached hydrogens (tertiary/aromatic N) is 1. The largest absolute Gasteiger partial charge is 0.294 e. The third kappa shape index (κ3) is 2.56. The molecule has 1 heterocycles. The number of carbonyl (C=O) groups is 2. The van der Waals surface area contributed by atoms with E-state index in [2.05, 4.69) is 19.3 Å². The lowest BCUT2D eigenvalue weighted by Crippen LogP contribution is -2.32. The summed E-state index contributed by atoms with van der Waals surface area (Å²) in [6.45, 7) is 6.07. The van der Waals surface area contributed by atoms with Crippen LogP contribution in [0.1, 0.15) is 52.4 Å². The van der Waals surface area contributed by atoms with Gasteiger partial charge in [-0.15, -0.1) is 0 Å². The molecule has 0 fully saturated rings. The van der Waals surface area contributed by atoms with Crippen molar-refractivity contribution in [2.45, 2.75) is 33.6 Å². The van der Waals surface area contributed by atoms with Crippen molar-refractivity contribution < 1.29 is 9.59 Å². The molecule has 0 unspecified atom stereocenters. The van der Waals surface area contributed by atoms with Crippen LogP contribution < -0.4 is 5.43 Å². The fourth-order valence-electron chi connectivity index (χ4n) is 3.06. The molecule has 0 bridgehead atoms. The molecule has 0 saturated heterocycles. The van der Waals surface area contributed by atoms with Crippen LogP contribution in [0.4, 0.5) is 0 Å². The third-order valence-electron chi connectivity index (χ3n) is 4.12. The molecule has 4 nitrogen and oxygen atoms in total. The highest BCUT2D eigenvalue weighted by Crippen LogP contribution is 2.35. The normalized spacial score (nSPS) is 16.2. The predicted octanol–water partition coefficient (Wildman–Crippen LogP) is 3.34. The number of rotatable bonds is 2. The zero-order valence-electron chi connectivity index (χ0n) is 13.1. The molecular formula is C18H20N2O2. The first kappa shape index (κ1) is 14.6. The molecule has 114 valence electrons. The highest BCUT2D eigenvalue weighted by Gasteiger charge is 2.34. The van der Waals surface area contributed by atoms with Gasteiger partial charge in [0, 0.05) is 23.2 Å². The minimum Gasteiger partial charge on any atom is -0.294 e. The van der Waals surface area contributed by atoms with E-state index in [1.165, 1.54) is 0 Å². The second kappa shape index (κ2) is 5.13. The molecule has 0 atom stereocenters. The Morgan fingerprint density at radius 2 is 1.86 bits per heavy atom. The van der Waals surface area contributed by atoms with Gasteiger partial charge in [-0.25, -0.2) is 0 Å². The highest BCUT2D eigenvalue weighted by molar-refractivity contribution is 6.01. The number of hydrogen-bond donors (Lipinski definition) is 1. The predicted molar refractivity (Wildman–Crippen MR) is 85.7 cm³/mol. The van der Waals surface area contributed by atoms with Crippen LogP contribution in [-0.4, -0.2) is 16.4 Å². The third-order valence-corrected chi connectivity index (χ3v) is 4.12. The number of aromatic nitrogens is 1. The Morgan fingerprint density at radius 3 is 2.55 bits per heavy atom. The number of nitrogens with one attached hydrogen (secondary N) is 1. The molecule has 22 heavy (non-hydrogen) atoms. The van der Waals surface area contributed by atoms with E-state index < -0.39 is 0 Å². The minimum atomic E-state index is -0.169. The number of hydrogen-bond acceptors (Lipinski definition) is 2. The van der Waals surface area contributed by atoms with Crippen LogP contribution in [0.3, 0.4) is 0 Å². The summed E-state index contributed by atoms with van der Waals surface area (Å²) < 4.78 is 1.77. The summed E-state index contributed by atoms with van der Waals surface area (Å²) in [7, 11) is 0. The molecular weight excluding hydrogens is 276 g/mol. The lowest BCUT2D eigenvalue weighted by molar-refractivity contribution is 0.0906. The van der Waals surface area contributed by atoms with E-state index in [0.29, 0.717) is 12.0 Å². The van der Waals surface area contributed by atoms with Gasteiger partial charge in [-0.3, -0.25) is 19.7 Å². The van der Waals surface area contributed by atoms with Crippen LogP contribution in [0.25, 0.3) is 0 Å². The van der Waals surface area contributed by atoms with Gasteiger partial charge in [-0.2, -0.15) is 0 Å². The van der Waals surface area contributed by atoms with Crippen LogP contribution >= 0.6 is 0 Å². The summed E-state index contributed by atoms with van der Waals surface area (Å²) >= 11 is 0. The maximum atomic E-state index is 12.4. The van der Waals surface area contributed by atoms with E-state index >= 15 is 0 Å². The molecule has 0 spiro atoms. The van der Waals surface area contributed by atoms with Crippen LogP contribution in [0.2, 0.25) is 0 Å². The van der Waals surface area contributed by atoms with E-state index in [1.54, 1.807) is 16.8 Å². The minimum absolute atomic E-state index is 0.0793. The summed E-state index contributed by atoms with van der Waals surface area (Å²) in [4.78, 5) is 24.7. The Morgan fingerprint density at radius 1 is 1.18 bits per heavy atom. The van der Waals surface area contributed by atoms with Gasteiger partial charge in [0.2, 0.25) is 0 Å². The quantitative estimate of drug-likeness (QED) is 0.924. The smallest absolute Gasteiger partial charge is 0.270 e. The Bertz CT molecular complexity index is 742. The summed E-state index contributed by atoms with van der Waals surface area (Å²) in [6.07, 6.45) is 1.33. The van der Waals surface area contributed by atoms with Gasteiger partial charge in [0.1, 0.15) is 0 Å². The lowest BCUT2D eigenvalue weighted by atomic mass is 9.76. The zero-order valence-corrected chi connectivity index (χ0v) is 13.1. The maximum Gasteiger partial charge on any atom is 0.270 e. The van der Waals surface area contributed by atoms with Gasteiger partial charge >= 0.3 is 0 Å². The van der Waals surface area contributed by atoms with Gasteiger partial charge < -0.3 is 0 Å². The molecule has 1 aromatic heterocycles. The Balaban J connectivity index is 1.96. The number of carbonyl (C=O) groups excluding carboxylic acids is 2. The number of fused-ring (bicyclic) bond motifs is 1. The first-order valence-electron chi connectivity index (χ1n) is 7.48. The van der Waals surface area contributed by atoms with Crippen molar-refractivity contribution in [2.75, 3.05) is 5.43 Å². The van der Waals surface area contributed by atoms with Gasteiger partial charge in [-0.05, 0) is 37.0 Å². The van der Waals surface area contributed by atoms with Gasteiger partial charge in [0.05, 0.1) is 5.69 Å². The topological polar surface area (TPSA) is 51.1 Å². The molecule has 0 saturated carbocycles. The summed E-state index contributed by atoms with van der Waals surface area (Å²) in [6, 6.07) is 11.0. The van der Waals surface area contributed by atoms with Crippen molar-refractivity contribution in [3.63, 3.8) is 0 Å². The summed E-state index contributed by atoms with van der Waals surface area (Å²) in [5.41, 5.74) is 5.96. The molecule has 1 aliphatic carbocycles. The second-order valence-corrected chi connectivity index (χ2v) is 6.73. The highest BCUT2D eigenvalue weighted by atomic mass is 16.2. The fourth-order valence-corrected chi connectivity index (χ4v) is 3.06. The number of Topliss-reactive ketones (excluding diaryl/α,β-unsaturated/α-hetero) is 1. The van der Waals surface area contributed by atoms with Crippen molar-refractivity contribution in [2.24, 2.45) is 5.41 Å². The molecule has 1 amide bonds. The zero-order chi connectivity index (χ0) is 15.9. The molecule has 1 aromatic carbocycles. The van der Waals surface area contributed by atoms with Crippen LogP contribution in [0, 0.1) is 12.3 Å². The summed E-state index contributed by atoms with van der Waals surface area (Å²) in [5, 5.41) is 0. The van der Waals surface area contributed by atoms with Crippen molar-refractivity contribution >= 4 is 11.7 Å². The van der Waals surface area contributed by atoms with E-state index in [-0.39, 0.29) is 17.1 Å². The molecule has 1 N–H and O–H groups in total. The van der Waals surface area contributed by atoms with E-state index in [4.69, 9.17) is 0 Å². The Kier molecular flexibility index (Phi) is 3.39. The van der Waals surface area contributed by atoms with E-state index in [1.807, 2.05) is 31.2 Å². The van der Waals surface area contributed by atoms with E-state index in [0.717, 1.165) is 23.4 Å². The van der Waals surface area contributed by atoms with Crippen LogP contribution in [0.15, 0.2) is 36.4 Å². The molecule has 1 aliphatic rings. The SMILES string of the molecule is Cc1cc2c(n1NC(=O)c1ccccc1)CC(C)(C)CC2=O. The van der Waals surface area contributed by atoms with Crippen molar-refractivity contribution in [3.8, 4) is 0 Å². The van der Waals surface area contributed by atoms with Gasteiger partial charge in [0.15, 0.2) is 5.78 Å². The standard InChI is InChI=1S/C18H20N2O2/c1-12-9-14-15(10-18(2,3)11-16(14)21)20(12)19-17(22)13-7-5-4-6-8-13/h4-9H,10-11H2,1-3H3,(H,19,22). The van der Waals surface area contributed by atoms with Gasteiger partial charge in [-0.1, -0.05) is 32.0 Å². The molecule has 0 radical (unpaired) electrons. The second-order valence-electron chi connectivity index (χ2n) is 6.73. The monoisotopic (exact) mass is 296 g/mol. The average molecular weight is 296 g/mol. The molecule has 3 rings (SSSR count). The fraction of sp³-hybridized carbons (Fsp3) is 0.333. The van der Waals surface area contributed by atoms with Gasteiger partial charge in [0.25, 0.3) is 5.91 Å². The van der Waals surface area contributed by atoms with E-state index in [9.17, 15) is 9.59 Å². The molecule has 2 aromatic rings. The Labute approximate surface area is 130 Å². The first-order chi connectivity index (χ1) is 10.4. The van der Waals surface area contributed by atoms with Crippen molar-refractivity contribution in [1.82, 2.24) is 4.68 Å². The van der Waals surface area contributed by atoms with Crippen LogP contribution in [-0.2, 0) is 6.42 Å². The lowest BCUT2D eigenvalue weighted by Gasteiger charge is -2.29. The molecule has 0 aliphatic heterocycles. The number of ketones is 1. The molecule has 4 heteroatoms.